The molecule has 1 aliphatic rings. The molecule has 0 unspecified atom stereocenters. The van der Waals surface area contributed by atoms with Crippen molar-refractivity contribution in [1.29, 1.82) is 0 Å². The van der Waals surface area contributed by atoms with Crippen LogP contribution in [0.2, 0.25) is 0 Å². The van der Waals surface area contributed by atoms with E-state index in [9.17, 15) is 9.59 Å². The van der Waals surface area contributed by atoms with Crippen LogP contribution in [0.5, 0.6) is 0 Å². The van der Waals surface area contributed by atoms with E-state index in [4.69, 9.17) is 5.73 Å². The van der Waals surface area contributed by atoms with E-state index in [2.05, 4.69) is 32.8 Å². The molecule has 1 saturated heterocycles. The van der Waals surface area contributed by atoms with Crippen LogP contribution in [0.4, 0.5) is 5.82 Å². The molecule has 0 spiro atoms. The van der Waals surface area contributed by atoms with Gasteiger partial charge in [-0.1, -0.05) is 12.1 Å². The Bertz CT molecular complexity index is 1100. The van der Waals surface area contributed by atoms with Gasteiger partial charge < -0.3 is 5.73 Å². The van der Waals surface area contributed by atoms with E-state index in [1.54, 1.807) is 11.0 Å². The van der Waals surface area contributed by atoms with Gasteiger partial charge in [0.2, 0.25) is 11.8 Å². The van der Waals surface area contributed by atoms with Gasteiger partial charge in [0.15, 0.2) is 5.82 Å². The smallest absolute Gasteiger partial charge is 0.248 e. The fraction of sp³-hybridized carbons (Fsp3) is 0.200. The predicted molar refractivity (Wildman–Crippen MR) is 113 cm³/mol. The summed E-state index contributed by atoms with van der Waals surface area (Å²) in [6.45, 7) is 2.67. The van der Waals surface area contributed by atoms with Crippen LogP contribution < -0.4 is 10.6 Å². The second-order valence-corrected chi connectivity index (χ2v) is 7.64. The number of benzene rings is 2. The first-order chi connectivity index (χ1) is 13.0. The number of hydrogen-bond donors (Lipinski definition) is 1. The normalized spacial score (nSPS) is 14.1. The number of primary amides is 1. The summed E-state index contributed by atoms with van der Waals surface area (Å²) < 4.78 is 0.767. The Balaban J connectivity index is 1.89. The summed E-state index contributed by atoms with van der Waals surface area (Å²) in [7, 11) is 0. The van der Waals surface area contributed by atoms with Crippen molar-refractivity contribution in [2.75, 3.05) is 11.4 Å². The molecule has 2 heterocycles. The highest BCUT2D eigenvalue weighted by atomic mass is 127. The third-order valence-corrected chi connectivity index (χ3v) is 5.67. The summed E-state index contributed by atoms with van der Waals surface area (Å²) in [4.78, 5) is 25.4. The minimum atomic E-state index is -0.452. The van der Waals surface area contributed by atoms with E-state index in [1.165, 1.54) is 0 Å². The first-order valence-electron chi connectivity index (χ1n) is 8.63. The van der Waals surface area contributed by atoms with E-state index in [0.717, 1.165) is 37.6 Å². The quantitative estimate of drug-likeness (QED) is 0.592. The number of nitrogens with zero attached hydrogens (tertiary/aromatic N) is 3. The van der Waals surface area contributed by atoms with Crippen molar-refractivity contribution in [3.05, 3.63) is 51.2 Å². The molecule has 27 heavy (non-hydrogen) atoms. The molecule has 0 bridgehead atoms. The maximum atomic E-state index is 12.2. The van der Waals surface area contributed by atoms with E-state index in [0.29, 0.717) is 24.3 Å². The molecule has 7 heteroatoms. The minimum Gasteiger partial charge on any atom is -0.366 e. The second kappa shape index (κ2) is 6.88. The molecule has 6 nitrogen and oxygen atoms in total. The van der Waals surface area contributed by atoms with Crippen molar-refractivity contribution in [2.24, 2.45) is 5.73 Å². The van der Waals surface area contributed by atoms with E-state index < -0.39 is 5.91 Å². The number of nitrogens with two attached hydrogens (primary N) is 1. The zero-order valence-corrected chi connectivity index (χ0v) is 16.9. The van der Waals surface area contributed by atoms with Crippen molar-refractivity contribution in [1.82, 2.24) is 10.2 Å². The third kappa shape index (κ3) is 3.16. The van der Waals surface area contributed by atoms with Crippen LogP contribution in [0.1, 0.15) is 28.8 Å². The molecule has 2 aromatic carbocycles. The summed E-state index contributed by atoms with van der Waals surface area (Å²) in [5.41, 5.74) is 8.86. The maximum absolute atomic E-state index is 12.2. The molecule has 2 amide bonds. The van der Waals surface area contributed by atoms with Crippen LogP contribution in [-0.4, -0.2) is 28.6 Å². The first-order valence-corrected chi connectivity index (χ1v) is 9.70. The molecular weight excluding hydrogens is 455 g/mol. The van der Waals surface area contributed by atoms with Gasteiger partial charge in [0.1, 0.15) is 3.70 Å². The van der Waals surface area contributed by atoms with Crippen molar-refractivity contribution in [2.45, 2.75) is 19.8 Å². The highest BCUT2D eigenvalue weighted by Gasteiger charge is 2.25. The number of hydrogen-bond acceptors (Lipinski definition) is 4. The standard InChI is InChI=1S/C20H17IN4O2/c1-11-4-5-13(19(22)27)10-15(11)12-6-7-14-16(9-12)18(21)23-24-20(14)25-8-2-3-17(25)26/h4-7,9-10H,2-3,8H2,1H3,(H2,22,27). The number of rotatable bonds is 3. The summed E-state index contributed by atoms with van der Waals surface area (Å²) in [5, 5.41) is 10.4. The Hall–Kier alpha value is -2.55. The van der Waals surface area contributed by atoms with Gasteiger partial charge in [0, 0.05) is 29.3 Å². The number of carbonyl (C=O) groups excluding carboxylic acids is 2. The van der Waals surface area contributed by atoms with Gasteiger partial charge in [-0.2, -0.15) is 0 Å². The zero-order chi connectivity index (χ0) is 19.1. The second-order valence-electron chi connectivity index (χ2n) is 6.62. The molecule has 0 aliphatic carbocycles. The number of anilines is 1. The van der Waals surface area contributed by atoms with Crippen molar-refractivity contribution < 1.29 is 9.59 Å². The molecule has 2 N–H and O–H groups in total. The van der Waals surface area contributed by atoms with Gasteiger partial charge in [-0.05, 0) is 76.9 Å². The largest absolute Gasteiger partial charge is 0.366 e. The lowest BCUT2D eigenvalue weighted by Gasteiger charge is -2.17. The SMILES string of the molecule is Cc1ccc(C(N)=O)cc1-c1ccc2c(N3CCCC3=O)nnc(I)c2c1. The highest BCUT2D eigenvalue weighted by molar-refractivity contribution is 14.1. The van der Waals surface area contributed by atoms with Gasteiger partial charge in [0.05, 0.1) is 0 Å². The monoisotopic (exact) mass is 472 g/mol. The summed E-state index contributed by atoms with van der Waals surface area (Å²) in [6.07, 6.45) is 1.39. The van der Waals surface area contributed by atoms with Gasteiger partial charge in [-0.15, -0.1) is 10.2 Å². The lowest BCUT2D eigenvalue weighted by atomic mass is 9.96. The van der Waals surface area contributed by atoms with E-state index >= 15 is 0 Å². The highest BCUT2D eigenvalue weighted by Crippen LogP contribution is 2.34. The van der Waals surface area contributed by atoms with Crippen molar-refractivity contribution in [3.8, 4) is 11.1 Å². The summed E-state index contributed by atoms with van der Waals surface area (Å²) in [5.74, 6) is 0.246. The minimum absolute atomic E-state index is 0.0842. The molecule has 3 aromatic rings. The van der Waals surface area contributed by atoms with E-state index in [-0.39, 0.29) is 5.91 Å². The summed E-state index contributed by atoms with van der Waals surface area (Å²) >= 11 is 2.15. The van der Waals surface area contributed by atoms with E-state index in [1.807, 2.05) is 37.3 Å². The van der Waals surface area contributed by atoms with Crippen LogP contribution >= 0.6 is 22.6 Å². The molecule has 136 valence electrons. The van der Waals surface area contributed by atoms with Crippen LogP contribution in [0.3, 0.4) is 0 Å². The molecule has 0 saturated carbocycles. The Kier molecular flexibility index (Phi) is 4.55. The Morgan fingerprint density at radius 2 is 1.96 bits per heavy atom. The predicted octanol–water partition coefficient (Wildman–Crippen LogP) is 3.44. The molecule has 0 atom stereocenters. The molecule has 1 aliphatic heterocycles. The van der Waals surface area contributed by atoms with Gasteiger partial charge in [-0.25, -0.2) is 0 Å². The lowest BCUT2D eigenvalue weighted by Crippen LogP contribution is -2.25. The van der Waals surface area contributed by atoms with Crippen LogP contribution in [0.25, 0.3) is 21.9 Å². The molecule has 0 radical (unpaired) electrons. The molecule has 1 aromatic heterocycles. The van der Waals surface area contributed by atoms with Gasteiger partial charge in [0.25, 0.3) is 0 Å². The molecule has 4 rings (SSSR count). The Labute approximate surface area is 169 Å². The van der Waals surface area contributed by atoms with Crippen molar-refractivity contribution >= 4 is 51.0 Å². The number of amides is 2. The molecule has 1 fully saturated rings. The lowest BCUT2D eigenvalue weighted by molar-refractivity contribution is -0.117. The van der Waals surface area contributed by atoms with Crippen molar-refractivity contribution in [3.63, 3.8) is 0 Å². The average Bonchev–Trinajstić information content (AvgIpc) is 3.08. The average molecular weight is 472 g/mol. The topological polar surface area (TPSA) is 89.2 Å². The fourth-order valence-electron chi connectivity index (χ4n) is 3.43. The fourth-order valence-corrected chi connectivity index (χ4v) is 3.99. The third-order valence-electron chi connectivity index (χ3n) is 4.88. The maximum Gasteiger partial charge on any atom is 0.248 e. The number of aryl methyl sites for hydroxylation is 1. The first kappa shape index (κ1) is 17.8. The number of fused-ring (bicyclic) bond motifs is 1. The van der Waals surface area contributed by atoms with Gasteiger partial charge >= 0.3 is 0 Å². The Morgan fingerprint density at radius 1 is 1.15 bits per heavy atom. The number of carbonyl (C=O) groups is 2. The Morgan fingerprint density at radius 3 is 2.67 bits per heavy atom. The molecular formula is C20H17IN4O2. The van der Waals surface area contributed by atoms with Gasteiger partial charge in [-0.3, -0.25) is 14.5 Å². The number of halogens is 1. The summed E-state index contributed by atoms with van der Waals surface area (Å²) in [6, 6.07) is 11.4. The zero-order valence-electron chi connectivity index (χ0n) is 14.7. The van der Waals surface area contributed by atoms with Crippen LogP contribution in [-0.2, 0) is 4.79 Å². The number of aromatic nitrogens is 2. The van der Waals surface area contributed by atoms with Crippen LogP contribution in [0, 0.1) is 10.6 Å². The van der Waals surface area contributed by atoms with Crippen LogP contribution in [0.15, 0.2) is 36.4 Å².